The number of hydrogen-bond acceptors (Lipinski definition) is 4. The zero-order valence-corrected chi connectivity index (χ0v) is 12.2. The fraction of sp³-hybridized carbons (Fsp3) is 0.286. The molecule has 0 unspecified atom stereocenters. The maximum Gasteiger partial charge on any atom is 0.222 e. The van der Waals surface area contributed by atoms with Crippen LogP contribution in [0.25, 0.3) is 0 Å². The van der Waals surface area contributed by atoms with Crippen molar-refractivity contribution < 1.29 is 5.11 Å². The fourth-order valence-electron chi connectivity index (χ4n) is 1.87. The highest BCUT2D eigenvalue weighted by Crippen LogP contribution is 2.21. The van der Waals surface area contributed by atoms with Gasteiger partial charge in [-0.25, -0.2) is 9.97 Å². The molecule has 4 nitrogen and oxygen atoms in total. The molecule has 1 aromatic heterocycles. The molecule has 100 valence electrons. The molecule has 0 fully saturated rings. The third-order valence-corrected chi connectivity index (χ3v) is 3.47. The van der Waals surface area contributed by atoms with E-state index < -0.39 is 0 Å². The number of nitrogens with one attached hydrogen (secondary N) is 1. The van der Waals surface area contributed by atoms with Crippen LogP contribution in [0.2, 0.25) is 0 Å². The molecule has 0 radical (unpaired) electrons. The molecule has 19 heavy (non-hydrogen) atoms. The van der Waals surface area contributed by atoms with Crippen LogP contribution in [-0.2, 0) is 0 Å². The maximum absolute atomic E-state index is 9.55. The number of benzene rings is 1. The van der Waals surface area contributed by atoms with Crippen molar-refractivity contribution in [3.8, 4) is 0 Å². The lowest BCUT2D eigenvalue weighted by molar-refractivity contribution is 0.261. The zero-order chi connectivity index (χ0) is 13.7. The van der Waals surface area contributed by atoms with Crippen LogP contribution in [-0.4, -0.2) is 27.7 Å². The van der Waals surface area contributed by atoms with E-state index in [2.05, 4.69) is 50.3 Å². The number of aliphatic hydroxyl groups is 1. The summed E-state index contributed by atoms with van der Waals surface area (Å²) >= 11 is 3.29. The van der Waals surface area contributed by atoms with Gasteiger partial charge in [0.25, 0.3) is 0 Å². The Morgan fingerprint density at radius 1 is 1.21 bits per heavy atom. The van der Waals surface area contributed by atoms with Crippen LogP contribution in [0.4, 0.5) is 5.95 Å². The largest absolute Gasteiger partial charge is 0.394 e. The summed E-state index contributed by atoms with van der Waals surface area (Å²) in [6.45, 7) is 2.09. The predicted molar refractivity (Wildman–Crippen MR) is 79.1 cm³/mol. The average Bonchev–Trinajstić information content (AvgIpc) is 2.47. The first kappa shape index (κ1) is 14.0. The van der Waals surface area contributed by atoms with E-state index in [1.54, 1.807) is 12.4 Å². The van der Waals surface area contributed by atoms with Gasteiger partial charge in [0, 0.05) is 18.3 Å². The number of hydrogen-bond donors (Lipinski definition) is 2. The summed E-state index contributed by atoms with van der Waals surface area (Å²) in [5.74, 6) is 0.684. The first-order valence-corrected chi connectivity index (χ1v) is 6.90. The van der Waals surface area contributed by atoms with Crippen LogP contribution in [0.5, 0.6) is 0 Å². The van der Waals surface area contributed by atoms with Crippen LogP contribution >= 0.6 is 15.9 Å². The van der Waals surface area contributed by atoms with Gasteiger partial charge < -0.3 is 10.4 Å². The van der Waals surface area contributed by atoms with E-state index in [0.717, 1.165) is 4.47 Å². The second-order valence-corrected chi connectivity index (χ2v) is 5.27. The molecule has 0 saturated carbocycles. The predicted octanol–water partition coefficient (Wildman–Crippen LogP) is 2.82. The summed E-state index contributed by atoms with van der Waals surface area (Å²) in [6, 6.07) is 9.96. The molecular weight excluding hydrogens is 306 g/mol. The lowest BCUT2D eigenvalue weighted by atomic mass is 9.94. The summed E-state index contributed by atoms with van der Waals surface area (Å²) in [5, 5.41) is 12.7. The quantitative estimate of drug-likeness (QED) is 0.889. The zero-order valence-electron chi connectivity index (χ0n) is 10.6. The summed E-state index contributed by atoms with van der Waals surface area (Å²) in [6.07, 6.45) is 3.36. The van der Waals surface area contributed by atoms with Gasteiger partial charge in [0.2, 0.25) is 5.95 Å². The molecule has 0 bridgehead atoms. The van der Waals surface area contributed by atoms with E-state index in [-0.39, 0.29) is 18.6 Å². The summed E-state index contributed by atoms with van der Waals surface area (Å²) in [5.41, 5.74) is 1.17. The van der Waals surface area contributed by atoms with Gasteiger partial charge in [-0.3, -0.25) is 0 Å². The van der Waals surface area contributed by atoms with Gasteiger partial charge in [0.15, 0.2) is 0 Å². The van der Waals surface area contributed by atoms with E-state index >= 15 is 0 Å². The second kappa shape index (κ2) is 6.63. The Labute approximate surface area is 121 Å². The molecule has 0 spiro atoms. The van der Waals surface area contributed by atoms with E-state index in [9.17, 15) is 5.11 Å². The van der Waals surface area contributed by atoms with Crippen LogP contribution in [0.1, 0.15) is 18.4 Å². The number of rotatable bonds is 5. The number of nitrogens with zero attached hydrogens (tertiary/aromatic N) is 2. The molecule has 0 aliphatic carbocycles. The Morgan fingerprint density at radius 2 is 1.84 bits per heavy atom. The summed E-state index contributed by atoms with van der Waals surface area (Å²) in [7, 11) is 0. The van der Waals surface area contributed by atoms with Crippen LogP contribution in [0, 0.1) is 0 Å². The van der Waals surface area contributed by atoms with Gasteiger partial charge in [-0.1, -0.05) is 37.3 Å². The van der Waals surface area contributed by atoms with Crippen molar-refractivity contribution >= 4 is 21.9 Å². The number of aliphatic hydroxyl groups excluding tert-OH is 1. The highest BCUT2D eigenvalue weighted by molar-refractivity contribution is 9.10. The van der Waals surface area contributed by atoms with Crippen molar-refractivity contribution in [3.63, 3.8) is 0 Å². The van der Waals surface area contributed by atoms with Crippen LogP contribution in [0.15, 0.2) is 47.2 Å². The van der Waals surface area contributed by atoms with Gasteiger partial charge in [0.05, 0.1) is 17.1 Å². The highest BCUT2D eigenvalue weighted by Gasteiger charge is 2.18. The normalized spacial score (nSPS) is 13.8. The third-order valence-electron chi connectivity index (χ3n) is 3.06. The molecule has 2 aromatic rings. The maximum atomic E-state index is 9.55. The van der Waals surface area contributed by atoms with Gasteiger partial charge in [0.1, 0.15) is 0 Å². The number of halogens is 1. The molecule has 0 saturated heterocycles. The van der Waals surface area contributed by atoms with Crippen LogP contribution < -0.4 is 5.32 Å². The molecule has 1 aromatic carbocycles. The van der Waals surface area contributed by atoms with E-state index in [1.165, 1.54) is 5.56 Å². The standard InChI is InChI=1S/C14H16BrN3O/c1-10(11-5-3-2-4-6-11)13(9-19)18-14-16-7-12(15)8-17-14/h2-8,10,13,19H,9H2,1H3,(H,16,17,18)/t10-,13-/m1/s1. The SMILES string of the molecule is C[C@H](c1ccccc1)[C@@H](CO)Nc1ncc(Br)cn1. The third kappa shape index (κ3) is 3.75. The van der Waals surface area contributed by atoms with E-state index in [1.807, 2.05) is 18.2 Å². The van der Waals surface area contributed by atoms with Crippen molar-refractivity contribution in [3.05, 3.63) is 52.8 Å². The van der Waals surface area contributed by atoms with Crippen molar-refractivity contribution in [1.82, 2.24) is 9.97 Å². The fourth-order valence-corrected chi connectivity index (χ4v) is 2.08. The van der Waals surface area contributed by atoms with E-state index in [0.29, 0.717) is 5.95 Å². The molecule has 0 aliphatic rings. The molecule has 0 amide bonds. The monoisotopic (exact) mass is 321 g/mol. The Hall–Kier alpha value is -1.46. The molecule has 2 rings (SSSR count). The van der Waals surface area contributed by atoms with Gasteiger partial charge in [-0.05, 0) is 21.5 Å². The molecule has 1 heterocycles. The van der Waals surface area contributed by atoms with Crippen molar-refractivity contribution in [2.45, 2.75) is 18.9 Å². The smallest absolute Gasteiger partial charge is 0.222 e. The van der Waals surface area contributed by atoms with Crippen LogP contribution in [0.3, 0.4) is 0 Å². The summed E-state index contributed by atoms with van der Waals surface area (Å²) < 4.78 is 0.828. The van der Waals surface area contributed by atoms with Gasteiger partial charge >= 0.3 is 0 Å². The minimum atomic E-state index is -0.122. The van der Waals surface area contributed by atoms with Gasteiger partial charge in [-0.15, -0.1) is 0 Å². The molecule has 2 N–H and O–H groups in total. The summed E-state index contributed by atoms with van der Waals surface area (Å²) in [4.78, 5) is 8.32. The topological polar surface area (TPSA) is 58.0 Å². The Balaban J connectivity index is 2.10. The first-order valence-electron chi connectivity index (χ1n) is 6.10. The Morgan fingerprint density at radius 3 is 2.42 bits per heavy atom. The lowest BCUT2D eigenvalue weighted by Crippen LogP contribution is -2.30. The number of anilines is 1. The highest BCUT2D eigenvalue weighted by atomic mass is 79.9. The Kier molecular flexibility index (Phi) is 4.87. The molecule has 5 heteroatoms. The van der Waals surface area contributed by atoms with Crippen molar-refractivity contribution in [1.29, 1.82) is 0 Å². The van der Waals surface area contributed by atoms with E-state index in [4.69, 9.17) is 0 Å². The number of aromatic nitrogens is 2. The minimum absolute atomic E-state index is 0.0233. The lowest BCUT2D eigenvalue weighted by Gasteiger charge is -2.23. The second-order valence-electron chi connectivity index (χ2n) is 4.36. The molecule has 0 aliphatic heterocycles. The Bertz CT molecular complexity index is 504. The van der Waals surface area contributed by atoms with Crippen molar-refractivity contribution in [2.24, 2.45) is 0 Å². The van der Waals surface area contributed by atoms with Gasteiger partial charge in [-0.2, -0.15) is 0 Å². The minimum Gasteiger partial charge on any atom is -0.394 e. The van der Waals surface area contributed by atoms with Crippen molar-refractivity contribution in [2.75, 3.05) is 11.9 Å². The molecule has 2 atom stereocenters. The molecular formula is C14H16BrN3O. The first-order chi connectivity index (χ1) is 9.20. The average molecular weight is 322 g/mol.